The minimum atomic E-state index is -0.304. The van der Waals surface area contributed by atoms with Crippen LogP contribution in [-0.2, 0) is 16.0 Å². The van der Waals surface area contributed by atoms with E-state index in [4.69, 9.17) is 4.74 Å². The number of hydrogen-bond donors (Lipinski definition) is 0. The third kappa shape index (κ3) is 3.80. The second kappa shape index (κ2) is 8.58. The van der Waals surface area contributed by atoms with Gasteiger partial charge in [0.15, 0.2) is 0 Å². The molecule has 0 atom stereocenters. The molecule has 0 bridgehead atoms. The molecule has 5 nitrogen and oxygen atoms in total. The lowest BCUT2D eigenvalue weighted by atomic mass is 9.98. The van der Waals surface area contributed by atoms with Crippen LogP contribution >= 0.6 is 0 Å². The second-order valence-electron chi connectivity index (χ2n) is 8.58. The van der Waals surface area contributed by atoms with Crippen molar-refractivity contribution in [2.45, 2.75) is 32.8 Å². The molecule has 0 radical (unpaired) electrons. The quantitative estimate of drug-likeness (QED) is 0.513. The molecule has 0 aliphatic carbocycles. The summed E-state index contributed by atoms with van der Waals surface area (Å²) in [5.41, 5.74) is 4.33. The fourth-order valence-electron chi connectivity index (χ4n) is 4.58. The van der Waals surface area contributed by atoms with Gasteiger partial charge in [-0.2, -0.15) is 0 Å². The van der Waals surface area contributed by atoms with Crippen LogP contribution in [0.4, 0.5) is 11.4 Å². The Morgan fingerprint density at radius 2 is 1.52 bits per heavy atom. The Hall–Kier alpha value is -3.86. The van der Waals surface area contributed by atoms with Gasteiger partial charge in [-0.25, -0.2) is 4.90 Å². The number of aryl methyl sites for hydroxylation is 1. The number of anilines is 2. The van der Waals surface area contributed by atoms with Crippen molar-refractivity contribution in [1.82, 2.24) is 0 Å². The van der Waals surface area contributed by atoms with Crippen molar-refractivity contribution in [3.63, 3.8) is 0 Å². The van der Waals surface area contributed by atoms with Gasteiger partial charge < -0.3 is 9.64 Å². The Morgan fingerprint density at radius 3 is 2.24 bits per heavy atom. The van der Waals surface area contributed by atoms with Gasteiger partial charge in [-0.15, -0.1) is 0 Å². The number of fused-ring (bicyclic) bond motifs is 1. The standard InChI is InChI=1S/C28H26N2O3/c1-19(2)33-23-16-14-21(15-17-23)25-26(29-18-8-10-20-9-6-7-13-24(20)29)28(32)30(27(25)31)22-11-4-3-5-12-22/h3-7,9,11-17,19H,8,10,18H2,1-2H3. The number of nitrogens with zero attached hydrogens (tertiary/aromatic N) is 2. The zero-order valence-electron chi connectivity index (χ0n) is 18.8. The van der Waals surface area contributed by atoms with Crippen LogP contribution in [0.5, 0.6) is 5.75 Å². The monoisotopic (exact) mass is 438 g/mol. The van der Waals surface area contributed by atoms with Gasteiger partial charge in [0.1, 0.15) is 11.4 Å². The van der Waals surface area contributed by atoms with E-state index in [9.17, 15) is 9.59 Å². The van der Waals surface area contributed by atoms with E-state index in [1.54, 1.807) is 12.1 Å². The molecular weight excluding hydrogens is 412 g/mol. The van der Waals surface area contributed by atoms with Crippen LogP contribution < -0.4 is 14.5 Å². The highest BCUT2D eigenvalue weighted by atomic mass is 16.5. The lowest BCUT2D eigenvalue weighted by molar-refractivity contribution is -0.120. The summed E-state index contributed by atoms with van der Waals surface area (Å²) in [6.07, 6.45) is 1.93. The number of para-hydroxylation sites is 2. The molecule has 2 heterocycles. The maximum atomic E-state index is 13.8. The molecule has 2 aliphatic heterocycles. The molecule has 5 heteroatoms. The Bertz CT molecular complexity index is 1230. The van der Waals surface area contributed by atoms with Gasteiger partial charge in [0.25, 0.3) is 11.8 Å². The fraction of sp³-hybridized carbons (Fsp3) is 0.214. The van der Waals surface area contributed by atoms with E-state index in [1.165, 1.54) is 10.5 Å². The first-order chi connectivity index (χ1) is 16.0. The van der Waals surface area contributed by atoms with Crippen molar-refractivity contribution in [2.75, 3.05) is 16.3 Å². The van der Waals surface area contributed by atoms with Crippen LogP contribution in [0, 0.1) is 0 Å². The number of carbonyl (C=O) groups excluding carboxylic acids is 2. The molecule has 2 amide bonds. The molecule has 3 aromatic rings. The normalized spacial score (nSPS) is 16.0. The number of rotatable bonds is 5. The number of ether oxygens (including phenoxy) is 1. The van der Waals surface area contributed by atoms with Crippen LogP contribution in [0.2, 0.25) is 0 Å². The fourth-order valence-corrected chi connectivity index (χ4v) is 4.58. The molecule has 166 valence electrons. The van der Waals surface area contributed by atoms with Crippen molar-refractivity contribution in [1.29, 1.82) is 0 Å². The topological polar surface area (TPSA) is 49.9 Å². The predicted molar refractivity (Wildman–Crippen MR) is 130 cm³/mol. The number of hydrogen-bond acceptors (Lipinski definition) is 4. The summed E-state index contributed by atoms with van der Waals surface area (Å²) < 4.78 is 5.77. The number of amides is 2. The minimum Gasteiger partial charge on any atom is -0.491 e. The Morgan fingerprint density at radius 1 is 0.818 bits per heavy atom. The van der Waals surface area contributed by atoms with E-state index in [0.29, 0.717) is 29.1 Å². The van der Waals surface area contributed by atoms with Crippen LogP contribution in [0.25, 0.3) is 5.57 Å². The average Bonchev–Trinajstić information content (AvgIpc) is 3.09. The van der Waals surface area contributed by atoms with Gasteiger partial charge in [0.05, 0.1) is 17.4 Å². The zero-order chi connectivity index (χ0) is 22.9. The first-order valence-electron chi connectivity index (χ1n) is 11.3. The van der Waals surface area contributed by atoms with E-state index < -0.39 is 0 Å². The molecule has 33 heavy (non-hydrogen) atoms. The third-order valence-electron chi connectivity index (χ3n) is 5.97. The highest BCUT2D eigenvalue weighted by Crippen LogP contribution is 2.39. The molecule has 0 saturated carbocycles. The number of imide groups is 1. The van der Waals surface area contributed by atoms with Crippen LogP contribution in [-0.4, -0.2) is 24.5 Å². The lowest BCUT2D eigenvalue weighted by Gasteiger charge is -2.32. The lowest BCUT2D eigenvalue weighted by Crippen LogP contribution is -2.37. The van der Waals surface area contributed by atoms with Crippen molar-refractivity contribution >= 4 is 28.8 Å². The third-order valence-corrected chi connectivity index (χ3v) is 5.97. The summed E-state index contributed by atoms with van der Waals surface area (Å²) in [5, 5.41) is 0. The van der Waals surface area contributed by atoms with Crippen molar-refractivity contribution < 1.29 is 14.3 Å². The van der Waals surface area contributed by atoms with Crippen molar-refractivity contribution in [3.05, 3.63) is 95.7 Å². The average molecular weight is 439 g/mol. The minimum absolute atomic E-state index is 0.0544. The molecule has 0 spiro atoms. The van der Waals surface area contributed by atoms with E-state index in [2.05, 4.69) is 6.07 Å². The number of benzene rings is 3. The molecule has 0 aromatic heterocycles. The molecule has 0 N–H and O–H groups in total. The first-order valence-corrected chi connectivity index (χ1v) is 11.3. The molecular formula is C28H26N2O3. The first kappa shape index (κ1) is 21.0. The van der Waals surface area contributed by atoms with Gasteiger partial charge >= 0.3 is 0 Å². The Balaban J connectivity index is 1.65. The Labute approximate surface area is 193 Å². The second-order valence-corrected chi connectivity index (χ2v) is 8.58. The smallest absolute Gasteiger partial charge is 0.282 e. The van der Waals surface area contributed by atoms with Gasteiger partial charge in [0, 0.05) is 12.2 Å². The highest BCUT2D eigenvalue weighted by molar-refractivity contribution is 6.46. The molecule has 0 fully saturated rings. The predicted octanol–water partition coefficient (Wildman–Crippen LogP) is 5.21. The molecule has 0 unspecified atom stereocenters. The van der Waals surface area contributed by atoms with E-state index in [-0.39, 0.29) is 17.9 Å². The van der Waals surface area contributed by atoms with E-state index in [0.717, 1.165) is 24.3 Å². The van der Waals surface area contributed by atoms with Crippen LogP contribution in [0.1, 0.15) is 31.4 Å². The molecule has 3 aromatic carbocycles. The van der Waals surface area contributed by atoms with E-state index in [1.807, 2.05) is 79.4 Å². The van der Waals surface area contributed by atoms with Crippen LogP contribution in [0.3, 0.4) is 0 Å². The summed E-state index contributed by atoms with van der Waals surface area (Å²) in [5.74, 6) is 0.137. The molecule has 2 aliphatic rings. The maximum absolute atomic E-state index is 13.8. The van der Waals surface area contributed by atoms with Gasteiger partial charge in [-0.05, 0) is 68.1 Å². The number of carbonyl (C=O) groups is 2. The molecule has 0 saturated heterocycles. The van der Waals surface area contributed by atoms with Gasteiger partial charge in [0.2, 0.25) is 0 Å². The molecule has 5 rings (SSSR count). The zero-order valence-corrected chi connectivity index (χ0v) is 18.8. The summed E-state index contributed by atoms with van der Waals surface area (Å²) in [6.45, 7) is 4.63. The van der Waals surface area contributed by atoms with Gasteiger partial charge in [-0.1, -0.05) is 48.5 Å². The van der Waals surface area contributed by atoms with Crippen LogP contribution in [0.15, 0.2) is 84.6 Å². The Kier molecular flexibility index (Phi) is 5.47. The summed E-state index contributed by atoms with van der Waals surface area (Å²) in [6, 6.07) is 24.7. The highest BCUT2D eigenvalue weighted by Gasteiger charge is 2.43. The van der Waals surface area contributed by atoms with Crippen molar-refractivity contribution in [2.24, 2.45) is 0 Å². The SMILES string of the molecule is CC(C)Oc1ccc(C2=C(N3CCCc4ccccc43)C(=O)N(c3ccccc3)C2=O)cc1. The van der Waals surface area contributed by atoms with Gasteiger partial charge in [-0.3, -0.25) is 9.59 Å². The van der Waals surface area contributed by atoms with Crippen molar-refractivity contribution in [3.8, 4) is 5.75 Å². The summed E-state index contributed by atoms with van der Waals surface area (Å²) in [4.78, 5) is 30.9. The maximum Gasteiger partial charge on any atom is 0.282 e. The summed E-state index contributed by atoms with van der Waals surface area (Å²) in [7, 11) is 0. The van der Waals surface area contributed by atoms with E-state index >= 15 is 0 Å². The largest absolute Gasteiger partial charge is 0.491 e. The summed E-state index contributed by atoms with van der Waals surface area (Å²) >= 11 is 0.